The second kappa shape index (κ2) is 19.4. The maximum Gasteiger partial charge on any atom is 0.335 e. The monoisotopic (exact) mass is 665 g/mol. The van der Waals surface area contributed by atoms with Gasteiger partial charge in [-0.25, -0.2) is 4.79 Å². The zero-order valence-corrected chi connectivity index (χ0v) is 27.1. The number of amides is 4. The highest BCUT2D eigenvalue weighted by atomic mass is 16.7. The van der Waals surface area contributed by atoms with Crippen LogP contribution >= 0.6 is 0 Å². The molecule has 0 atom stereocenters. The number of carbonyl (C=O) groups is 5. The number of nitrogens with one attached hydrogen (secondary N) is 1. The van der Waals surface area contributed by atoms with E-state index < -0.39 is 17.8 Å². The summed E-state index contributed by atoms with van der Waals surface area (Å²) in [7, 11) is 0. The smallest absolute Gasteiger partial charge is 0.335 e. The molecule has 0 spiro atoms. The van der Waals surface area contributed by atoms with Crippen LogP contribution in [0.3, 0.4) is 0 Å². The first-order valence-corrected chi connectivity index (χ1v) is 16.1. The van der Waals surface area contributed by atoms with Gasteiger partial charge in [0.1, 0.15) is 0 Å². The van der Waals surface area contributed by atoms with Crippen molar-refractivity contribution >= 4 is 40.9 Å². The predicted octanol–water partition coefficient (Wildman–Crippen LogP) is 2.75. The van der Waals surface area contributed by atoms with Gasteiger partial charge in [0.2, 0.25) is 11.8 Å². The number of ether oxygens (including phenoxy) is 4. The molecule has 2 aromatic rings. The Labute approximate surface area is 280 Å². The average molecular weight is 666 g/mol. The minimum atomic E-state index is -0.714. The van der Waals surface area contributed by atoms with Crippen LogP contribution in [-0.4, -0.2) is 94.1 Å². The standard InChI is InChI=1S/C35H43N3O10/c1-26-24-27-6-2-3-7-28(27)25-37(30-9-5-4-8-29(26)30)32(40)11-10-31(39)36-15-17-45-19-21-47-23-22-46-20-18-44-16-14-35(43)48-38-33(41)12-13-34(38)42/h2-9H,1,10-25H2,(H,36,39). The first-order valence-electron chi connectivity index (χ1n) is 16.1. The van der Waals surface area contributed by atoms with Crippen molar-refractivity contribution in [1.82, 2.24) is 10.4 Å². The third-order valence-electron chi connectivity index (χ3n) is 7.63. The van der Waals surface area contributed by atoms with Crippen molar-refractivity contribution in [1.29, 1.82) is 0 Å². The molecule has 13 heteroatoms. The molecule has 0 aromatic heterocycles. The average Bonchev–Trinajstić information content (AvgIpc) is 3.39. The summed E-state index contributed by atoms with van der Waals surface area (Å²) < 4.78 is 21.6. The molecule has 258 valence electrons. The first kappa shape index (κ1) is 36.4. The molecule has 1 saturated heterocycles. The fourth-order valence-corrected chi connectivity index (χ4v) is 5.12. The molecule has 4 amide bonds. The van der Waals surface area contributed by atoms with E-state index in [-0.39, 0.29) is 57.1 Å². The van der Waals surface area contributed by atoms with E-state index in [2.05, 4.69) is 18.0 Å². The minimum Gasteiger partial charge on any atom is -0.378 e. The summed E-state index contributed by atoms with van der Waals surface area (Å²) in [6, 6.07) is 15.8. The summed E-state index contributed by atoms with van der Waals surface area (Å²) in [5, 5.41) is 3.30. The number of nitrogens with zero attached hydrogens (tertiary/aromatic N) is 2. The van der Waals surface area contributed by atoms with E-state index in [9.17, 15) is 24.0 Å². The number of benzene rings is 2. The van der Waals surface area contributed by atoms with Crippen LogP contribution in [0.4, 0.5) is 5.69 Å². The predicted molar refractivity (Wildman–Crippen MR) is 174 cm³/mol. The molecule has 48 heavy (non-hydrogen) atoms. The van der Waals surface area contributed by atoms with Crippen molar-refractivity contribution < 1.29 is 47.8 Å². The van der Waals surface area contributed by atoms with E-state index >= 15 is 0 Å². The Balaban J connectivity index is 0.986. The molecule has 1 fully saturated rings. The van der Waals surface area contributed by atoms with Gasteiger partial charge in [-0.3, -0.25) is 19.2 Å². The van der Waals surface area contributed by atoms with Crippen LogP contribution in [0.1, 0.15) is 48.8 Å². The van der Waals surface area contributed by atoms with Gasteiger partial charge < -0.3 is 34.0 Å². The highest BCUT2D eigenvalue weighted by Gasteiger charge is 2.32. The zero-order valence-electron chi connectivity index (χ0n) is 27.1. The van der Waals surface area contributed by atoms with Crippen molar-refractivity contribution in [3.63, 3.8) is 0 Å². The molecular weight excluding hydrogens is 622 g/mol. The molecule has 2 heterocycles. The van der Waals surface area contributed by atoms with E-state index in [1.165, 1.54) is 0 Å². The lowest BCUT2D eigenvalue weighted by Gasteiger charge is -2.29. The Morgan fingerprint density at radius 2 is 1.29 bits per heavy atom. The quantitative estimate of drug-likeness (QED) is 0.175. The van der Waals surface area contributed by atoms with Gasteiger partial charge in [0.25, 0.3) is 11.8 Å². The van der Waals surface area contributed by atoms with Crippen molar-refractivity contribution in [2.45, 2.75) is 45.1 Å². The van der Waals surface area contributed by atoms with Gasteiger partial charge in [0.05, 0.1) is 71.5 Å². The number of hydroxylamine groups is 2. The van der Waals surface area contributed by atoms with E-state index in [0.29, 0.717) is 57.8 Å². The lowest BCUT2D eigenvalue weighted by Crippen LogP contribution is -2.34. The van der Waals surface area contributed by atoms with Crippen LogP contribution in [0.15, 0.2) is 55.1 Å². The van der Waals surface area contributed by atoms with Gasteiger partial charge in [0.15, 0.2) is 0 Å². The SMILES string of the molecule is C=C1Cc2ccccc2CN(C(=O)CCC(=O)NCCOCCOCCOCCOCCC(=O)ON2C(=O)CCC2=O)c2ccccc21. The number of imide groups is 1. The molecule has 1 N–H and O–H groups in total. The second-order valence-electron chi connectivity index (χ2n) is 11.1. The van der Waals surface area contributed by atoms with Gasteiger partial charge in [-0.15, -0.1) is 5.06 Å². The summed E-state index contributed by atoms with van der Waals surface area (Å²) in [5.74, 6) is -2.10. The van der Waals surface area contributed by atoms with Gasteiger partial charge in [-0.05, 0) is 29.2 Å². The van der Waals surface area contributed by atoms with Gasteiger partial charge in [0, 0.05) is 37.8 Å². The number of carbonyl (C=O) groups excluding carboxylic acids is 5. The summed E-state index contributed by atoms with van der Waals surface area (Å²) in [6.07, 6.45) is 0.878. The molecule has 4 rings (SSSR count). The largest absolute Gasteiger partial charge is 0.378 e. The lowest BCUT2D eigenvalue weighted by molar-refractivity contribution is -0.198. The normalized spacial score (nSPS) is 14.3. The van der Waals surface area contributed by atoms with Crippen molar-refractivity contribution in [2.24, 2.45) is 0 Å². The summed E-state index contributed by atoms with van der Waals surface area (Å²) in [4.78, 5) is 66.8. The number of hydrogen-bond acceptors (Lipinski definition) is 10. The van der Waals surface area contributed by atoms with Gasteiger partial charge in [-0.2, -0.15) is 0 Å². The molecule has 0 bridgehead atoms. The highest BCUT2D eigenvalue weighted by molar-refractivity contribution is 6.01. The maximum absolute atomic E-state index is 13.4. The third-order valence-corrected chi connectivity index (χ3v) is 7.63. The molecule has 2 aromatic carbocycles. The molecule has 0 unspecified atom stereocenters. The van der Waals surface area contributed by atoms with Crippen molar-refractivity contribution in [2.75, 3.05) is 64.3 Å². The Bertz CT molecular complexity index is 1430. The fraction of sp³-hybridized carbons (Fsp3) is 0.457. The second-order valence-corrected chi connectivity index (χ2v) is 11.1. The number of allylic oxidation sites excluding steroid dienone is 1. The molecule has 2 aliphatic rings. The summed E-state index contributed by atoms with van der Waals surface area (Å²) in [6.45, 7) is 7.40. The van der Waals surface area contributed by atoms with Crippen LogP contribution < -0.4 is 10.2 Å². The van der Waals surface area contributed by atoms with Gasteiger partial charge in [-0.1, -0.05) is 49.0 Å². The highest BCUT2D eigenvalue weighted by Crippen LogP contribution is 2.34. The number of para-hydroxylation sites is 1. The van der Waals surface area contributed by atoms with Crippen LogP contribution in [0, 0.1) is 0 Å². The number of anilines is 1. The minimum absolute atomic E-state index is 0.0481. The Morgan fingerprint density at radius 3 is 1.98 bits per heavy atom. The Hall–Kier alpha value is -4.43. The third kappa shape index (κ3) is 11.4. The summed E-state index contributed by atoms with van der Waals surface area (Å²) in [5.41, 5.74) is 4.91. The van der Waals surface area contributed by atoms with E-state index in [0.717, 1.165) is 34.4 Å². The van der Waals surface area contributed by atoms with E-state index in [1.807, 2.05) is 42.5 Å². The van der Waals surface area contributed by atoms with Crippen LogP contribution in [0.5, 0.6) is 0 Å². The molecular formula is C35H43N3O10. The topological polar surface area (TPSA) is 150 Å². The number of rotatable bonds is 19. The first-order chi connectivity index (χ1) is 23.3. The van der Waals surface area contributed by atoms with Crippen molar-refractivity contribution in [3.05, 3.63) is 71.8 Å². The molecule has 0 aliphatic carbocycles. The molecule has 0 saturated carbocycles. The number of hydrogen-bond donors (Lipinski definition) is 1. The van der Waals surface area contributed by atoms with Crippen LogP contribution in [0.25, 0.3) is 5.57 Å². The number of fused-ring (bicyclic) bond motifs is 2. The van der Waals surface area contributed by atoms with E-state index in [4.69, 9.17) is 23.8 Å². The van der Waals surface area contributed by atoms with E-state index in [1.54, 1.807) is 4.90 Å². The molecule has 2 aliphatic heterocycles. The lowest BCUT2D eigenvalue weighted by atomic mass is 9.92. The van der Waals surface area contributed by atoms with Gasteiger partial charge >= 0.3 is 5.97 Å². The summed E-state index contributed by atoms with van der Waals surface area (Å²) >= 11 is 0. The molecule has 13 nitrogen and oxygen atoms in total. The van der Waals surface area contributed by atoms with Crippen LogP contribution in [-0.2, 0) is 60.7 Å². The molecule has 0 radical (unpaired) electrons. The maximum atomic E-state index is 13.4. The Morgan fingerprint density at radius 1 is 0.708 bits per heavy atom. The van der Waals surface area contributed by atoms with Crippen molar-refractivity contribution in [3.8, 4) is 0 Å². The Kier molecular flexibility index (Phi) is 14.7. The zero-order chi connectivity index (χ0) is 34.1. The van der Waals surface area contributed by atoms with Crippen LogP contribution in [0.2, 0.25) is 0 Å². The fourth-order valence-electron chi connectivity index (χ4n) is 5.12.